The lowest BCUT2D eigenvalue weighted by atomic mass is 10.1. The molecule has 0 spiro atoms. The van der Waals surface area contributed by atoms with E-state index < -0.39 is 0 Å². The quantitative estimate of drug-likeness (QED) is 0.386. The van der Waals surface area contributed by atoms with Crippen LogP contribution >= 0.6 is 24.0 Å². The van der Waals surface area contributed by atoms with Gasteiger partial charge in [-0.05, 0) is 10.8 Å². The van der Waals surface area contributed by atoms with Crippen LogP contribution in [0.1, 0.15) is 0 Å². The topological polar surface area (TPSA) is 0 Å². The second-order valence-electron chi connectivity index (χ2n) is 1.18. The van der Waals surface area contributed by atoms with Gasteiger partial charge in [0.1, 0.15) is 7.85 Å². The lowest BCUT2D eigenvalue weighted by molar-refractivity contribution is 1.77. The van der Waals surface area contributed by atoms with Crippen LogP contribution in [0.3, 0.4) is 0 Å². The zero-order chi connectivity index (χ0) is 5.28. The Morgan fingerprint density at radius 3 is 2.43 bits per heavy atom. The van der Waals surface area contributed by atoms with Crippen molar-refractivity contribution in [3.05, 3.63) is 12.1 Å². The molecule has 0 aliphatic carbocycles. The van der Waals surface area contributed by atoms with Crippen molar-refractivity contribution in [1.29, 1.82) is 0 Å². The Morgan fingerprint density at radius 2 is 2.29 bits per heavy atom. The molecule has 0 saturated carbocycles. The first-order valence-corrected chi connectivity index (χ1v) is 3.09. The molecule has 1 rings (SSSR count). The van der Waals surface area contributed by atoms with Crippen LogP contribution in [0.25, 0.3) is 0 Å². The molecule has 0 aliphatic rings. The van der Waals surface area contributed by atoms with Crippen molar-refractivity contribution in [2.24, 2.45) is 0 Å². The maximum Gasteiger partial charge on any atom is 0.128 e. The van der Waals surface area contributed by atoms with Crippen LogP contribution in [0.2, 0.25) is 0 Å². The molecule has 7 heavy (non-hydrogen) atoms. The summed E-state index contributed by atoms with van der Waals surface area (Å²) >= 11 is 5.53. The fourth-order valence-corrected chi connectivity index (χ4v) is 1.25. The third-order valence-corrected chi connectivity index (χ3v) is 1.75. The summed E-state index contributed by atoms with van der Waals surface area (Å²) in [5.74, 6) is 0. The van der Waals surface area contributed by atoms with Crippen molar-refractivity contribution in [2.45, 2.75) is 4.21 Å². The van der Waals surface area contributed by atoms with Gasteiger partial charge in [0.2, 0.25) is 0 Å². The van der Waals surface area contributed by atoms with Gasteiger partial charge < -0.3 is 0 Å². The van der Waals surface area contributed by atoms with Crippen molar-refractivity contribution < 1.29 is 0 Å². The van der Waals surface area contributed by atoms with E-state index in [1.165, 1.54) is 11.3 Å². The zero-order valence-corrected chi connectivity index (χ0v) is 5.30. The van der Waals surface area contributed by atoms with Gasteiger partial charge in [-0.1, -0.05) is 6.07 Å². The van der Waals surface area contributed by atoms with Crippen molar-refractivity contribution in [3.8, 4) is 0 Å². The van der Waals surface area contributed by atoms with Gasteiger partial charge in [0, 0.05) is 0 Å². The van der Waals surface area contributed by atoms with E-state index >= 15 is 0 Å². The number of thiophene rings is 1. The number of thiol groups is 1. The van der Waals surface area contributed by atoms with Gasteiger partial charge in [0.05, 0.1) is 4.21 Å². The summed E-state index contributed by atoms with van der Waals surface area (Å²) in [6.45, 7) is 0. The normalized spacial score (nSPS) is 9.29. The zero-order valence-electron chi connectivity index (χ0n) is 3.59. The highest BCUT2D eigenvalue weighted by Crippen LogP contribution is 2.08. The summed E-state index contributed by atoms with van der Waals surface area (Å²) in [4.78, 5) is 0. The Kier molecular flexibility index (Phi) is 1.45. The molecule has 0 amide bonds. The van der Waals surface area contributed by atoms with Crippen molar-refractivity contribution in [2.75, 3.05) is 0 Å². The van der Waals surface area contributed by atoms with Gasteiger partial charge in [0.25, 0.3) is 0 Å². The molecule has 0 aliphatic heterocycles. The smallest absolute Gasteiger partial charge is 0.128 e. The summed E-state index contributed by atoms with van der Waals surface area (Å²) in [5.41, 5.74) is 0. The molecule has 1 aromatic heterocycles. The van der Waals surface area contributed by atoms with Crippen molar-refractivity contribution in [3.63, 3.8) is 0 Å². The molecular formula is C4H3BS2. The summed E-state index contributed by atoms with van der Waals surface area (Å²) in [6.07, 6.45) is 0. The van der Waals surface area contributed by atoms with E-state index in [0.717, 1.165) is 8.99 Å². The van der Waals surface area contributed by atoms with Gasteiger partial charge >= 0.3 is 0 Å². The van der Waals surface area contributed by atoms with Crippen LogP contribution in [0.5, 0.6) is 0 Å². The van der Waals surface area contributed by atoms with E-state index in [9.17, 15) is 0 Å². The molecule has 0 atom stereocenters. The fraction of sp³-hybridized carbons (Fsp3) is 0. The van der Waals surface area contributed by atoms with Crippen LogP contribution in [-0.2, 0) is 0 Å². The number of hydrogen-bond acceptors (Lipinski definition) is 2. The van der Waals surface area contributed by atoms with Crippen LogP contribution < -0.4 is 4.78 Å². The van der Waals surface area contributed by atoms with Crippen molar-refractivity contribution >= 4 is 36.6 Å². The van der Waals surface area contributed by atoms with Gasteiger partial charge in [0.15, 0.2) is 0 Å². The molecule has 0 saturated heterocycles. The van der Waals surface area contributed by atoms with E-state index in [-0.39, 0.29) is 0 Å². The number of hydrogen-bond donors (Lipinski definition) is 1. The monoisotopic (exact) mass is 126 g/mol. The Labute approximate surface area is 53.4 Å². The molecule has 0 nitrogen and oxygen atoms in total. The Bertz CT molecular complexity index is 142. The first-order chi connectivity index (χ1) is 3.29. The van der Waals surface area contributed by atoms with Crippen LogP contribution in [0, 0.1) is 0 Å². The first kappa shape index (κ1) is 5.26. The molecule has 2 radical (unpaired) electrons. The maximum absolute atomic E-state index is 5.35. The predicted molar refractivity (Wildman–Crippen MR) is 37.0 cm³/mol. The second kappa shape index (κ2) is 1.93. The lowest BCUT2D eigenvalue weighted by Crippen LogP contribution is -1.88. The Balaban J connectivity index is 3.04. The summed E-state index contributed by atoms with van der Waals surface area (Å²) in [7, 11) is 5.35. The van der Waals surface area contributed by atoms with E-state index in [1.807, 2.05) is 12.1 Å². The van der Waals surface area contributed by atoms with Gasteiger partial charge in [-0.25, -0.2) is 0 Å². The molecule has 1 aromatic rings. The fourth-order valence-electron chi connectivity index (χ4n) is 0.342. The van der Waals surface area contributed by atoms with E-state index in [1.54, 1.807) is 0 Å². The van der Waals surface area contributed by atoms with E-state index in [2.05, 4.69) is 12.6 Å². The minimum absolute atomic E-state index is 0.824. The average Bonchev–Trinajstić information content (AvgIpc) is 1.87. The van der Waals surface area contributed by atoms with Gasteiger partial charge in [-0.3, -0.25) is 0 Å². The molecule has 34 valence electrons. The maximum atomic E-state index is 5.35. The molecular weight excluding hydrogens is 123 g/mol. The standard InChI is InChI=1S/C4H3BS2/c5-3-1-2-4(6)7-3/h1-2,6H. The summed E-state index contributed by atoms with van der Waals surface area (Å²) in [6, 6.07) is 3.72. The highest BCUT2D eigenvalue weighted by Gasteiger charge is 1.85. The van der Waals surface area contributed by atoms with Crippen molar-refractivity contribution in [1.82, 2.24) is 0 Å². The Morgan fingerprint density at radius 1 is 1.57 bits per heavy atom. The molecule has 3 heteroatoms. The summed E-state index contributed by atoms with van der Waals surface area (Å²) < 4.78 is 1.79. The Hall–Kier alpha value is 0.115. The highest BCUT2D eigenvalue weighted by atomic mass is 32.2. The largest absolute Gasteiger partial charge is 0.146 e. The minimum Gasteiger partial charge on any atom is -0.146 e. The first-order valence-electron chi connectivity index (χ1n) is 1.83. The second-order valence-corrected chi connectivity index (χ2v) is 3.08. The van der Waals surface area contributed by atoms with Gasteiger partial charge in [-0.2, -0.15) is 0 Å². The predicted octanol–water partition coefficient (Wildman–Crippen LogP) is 0.831. The van der Waals surface area contributed by atoms with E-state index in [4.69, 9.17) is 7.85 Å². The molecule has 0 bridgehead atoms. The molecule has 0 aromatic carbocycles. The van der Waals surface area contributed by atoms with E-state index in [0.29, 0.717) is 0 Å². The molecule has 0 unspecified atom stereocenters. The summed E-state index contributed by atoms with van der Waals surface area (Å²) in [5, 5.41) is 0. The molecule has 1 heterocycles. The third kappa shape index (κ3) is 1.25. The SMILES string of the molecule is [B]c1ccc(S)s1. The third-order valence-electron chi connectivity index (χ3n) is 0.613. The highest BCUT2D eigenvalue weighted by molar-refractivity contribution is 7.83. The number of rotatable bonds is 0. The minimum atomic E-state index is 0.824. The molecule has 0 fully saturated rings. The van der Waals surface area contributed by atoms with Gasteiger partial charge in [-0.15, -0.1) is 24.0 Å². The van der Waals surface area contributed by atoms with Crippen LogP contribution in [-0.4, -0.2) is 7.85 Å². The average molecular weight is 126 g/mol. The van der Waals surface area contributed by atoms with Crippen LogP contribution in [0.15, 0.2) is 16.3 Å². The van der Waals surface area contributed by atoms with Crippen LogP contribution in [0.4, 0.5) is 0 Å². The molecule has 0 N–H and O–H groups in total. The lowest BCUT2D eigenvalue weighted by Gasteiger charge is -1.71.